The van der Waals surface area contributed by atoms with Gasteiger partial charge in [-0.1, -0.05) is 6.07 Å². The monoisotopic (exact) mass is 407 g/mol. The molecule has 1 aromatic carbocycles. The average Bonchev–Trinajstić information content (AvgIpc) is 2.51. The molecule has 0 fully saturated rings. The van der Waals surface area contributed by atoms with Crippen LogP contribution in [-0.2, 0) is 29.2 Å². The van der Waals surface area contributed by atoms with Crippen molar-refractivity contribution >= 4 is 33.9 Å². The minimum absolute atomic E-state index is 0.211. The van der Waals surface area contributed by atoms with Crippen molar-refractivity contribution in [1.29, 1.82) is 0 Å². The molecular formula is C14H14FNO10S. The molecule has 0 saturated carbocycles. The van der Waals surface area contributed by atoms with E-state index in [0.29, 0.717) is 24.3 Å². The second-order valence-corrected chi connectivity index (χ2v) is 5.58. The zero-order valence-corrected chi connectivity index (χ0v) is 14.0. The van der Waals surface area contributed by atoms with Gasteiger partial charge >= 0.3 is 23.9 Å². The van der Waals surface area contributed by atoms with Gasteiger partial charge in [-0.25, -0.2) is 37.1 Å². The predicted molar refractivity (Wildman–Crippen MR) is 86.6 cm³/mol. The van der Waals surface area contributed by atoms with Gasteiger partial charge in [0.1, 0.15) is 5.82 Å². The Kier molecular flexibility index (Phi) is 12.1. The number of sulfonamides is 1. The fraction of sp³-hybridized carbons (Fsp3) is 0. The summed E-state index contributed by atoms with van der Waals surface area (Å²) in [4.78, 5) is 38.0. The molecule has 0 bridgehead atoms. The highest BCUT2D eigenvalue weighted by molar-refractivity contribution is 7.89. The van der Waals surface area contributed by atoms with Gasteiger partial charge in [-0.15, -0.1) is 0 Å². The quantitative estimate of drug-likeness (QED) is 0.409. The van der Waals surface area contributed by atoms with Crippen molar-refractivity contribution in [3.63, 3.8) is 0 Å². The molecule has 0 radical (unpaired) electrons. The number of primary sulfonamides is 1. The summed E-state index contributed by atoms with van der Waals surface area (Å²) in [5.41, 5.74) is 0. The van der Waals surface area contributed by atoms with Crippen molar-refractivity contribution in [2.24, 2.45) is 5.14 Å². The molecule has 13 heteroatoms. The zero-order chi connectivity index (χ0) is 21.6. The molecule has 1 rings (SSSR count). The van der Waals surface area contributed by atoms with Crippen LogP contribution >= 0.6 is 0 Å². The average molecular weight is 407 g/mol. The third kappa shape index (κ3) is 18.6. The largest absolute Gasteiger partial charge is 0.478 e. The molecule has 0 aliphatic carbocycles. The summed E-state index contributed by atoms with van der Waals surface area (Å²) < 4.78 is 33.6. The number of hydrogen-bond acceptors (Lipinski definition) is 6. The lowest BCUT2D eigenvalue weighted by atomic mass is 10.4. The first kappa shape index (κ1) is 25.7. The second kappa shape index (κ2) is 12.7. The van der Waals surface area contributed by atoms with E-state index in [9.17, 15) is 32.0 Å². The first-order valence-corrected chi connectivity index (χ1v) is 7.86. The Morgan fingerprint density at radius 1 is 0.815 bits per heavy atom. The van der Waals surface area contributed by atoms with Crippen molar-refractivity contribution in [3.8, 4) is 0 Å². The molecule has 0 aromatic heterocycles. The number of carbonyl (C=O) groups is 4. The van der Waals surface area contributed by atoms with Gasteiger partial charge in [-0.05, 0) is 18.2 Å². The highest BCUT2D eigenvalue weighted by Gasteiger charge is 2.06. The molecular weight excluding hydrogens is 393 g/mol. The van der Waals surface area contributed by atoms with E-state index in [1.54, 1.807) is 0 Å². The third-order valence-corrected chi connectivity index (χ3v) is 2.77. The van der Waals surface area contributed by atoms with Gasteiger partial charge in [0.25, 0.3) is 0 Å². The lowest BCUT2D eigenvalue weighted by Gasteiger charge is -1.95. The molecule has 0 atom stereocenters. The van der Waals surface area contributed by atoms with Crippen LogP contribution in [0.3, 0.4) is 0 Å². The van der Waals surface area contributed by atoms with E-state index < -0.39 is 39.7 Å². The minimum Gasteiger partial charge on any atom is -0.478 e. The van der Waals surface area contributed by atoms with Crippen molar-refractivity contribution in [2.75, 3.05) is 0 Å². The van der Waals surface area contributed by atoms with Gasteiger partial charge in [-0.3, -0.25) is 0 Å². The van der Waals surface area contributed by atoms with Crippen molar-refractivity contribution in [2.45, 2.75) is 4.90 Å². The van der Waals surface area contributed by atoms with Gasteiger partial charge in [0.15, 0.2) is 0 Å². The maximum atomic E-state index is 12.4. The highest BCUT2D eigenvalue weighted by Crippen LogP contribution is 2.07. The Balaban J connectivity index is 0. The summed E-state index contributed by atoms with van der Waals surface area (Å²) in [6.45, 7) is 0. The molecule has 27 heavy (non-hydrogen) atoms. The fourth-order valence-electron chi connectivity index (χ4n) is 0.929. The summed E-state index contributed by atoms with van der Waals surface area (Å²) in [5.74, 6) is -5.64. The maximum absolute atomic E-state index is 12.4. The zero-order valence-electron chi connectivity index (χ0n) is 13.2. The number of rotatable bonds is 5. The van der Waals surface area contributed by atoms with E-state index in [2.05, 4.69) is 0 Å². The van der Waals surface area contributed by atoms with Crippen molar-refractivity contribution in [3.05, 3.63) is 54.4 Å². The van der Waals surface area contributed by atoms with Crippen LogP contribution in [0.1, 0.15) is 0 Å². The molecule has 0 unspecified atom stereocenters. The normalized spacial score (nSPS) is 10.3. The number of nitrogens with two attached hydrogens (primary N) is 1. The second-order valence-electron chi connectivity index (χ2n) is 4.02. The van der Waals surface area contributed by atoms with Gasteiger partial charge in [0.2, 0.25) is 10.0 Å². The summed E-state index contributed by atoms with van der Waals surface area (Å²) in [6.07, 6.45) is 2.23. The summed E-state index contributed by atoms with van der Waals surface area (Å²) in [6, 6.07) is 4.54. The molecule has 0 aliphatic rings. The van der Waals surface area contributed by atoms with Crippen LogP contribution in [0, 0.1) is 5.82 Å². The Morgan fingerprint density at radius 3 is 1.33 bits per heavy atom. The third-order valence-electron chi connectivity index (χ3n) is 1.86. The van der Waals surface area contributed by atoms with Crippen LogP contribution in [0.4, 0.5) is 4.39 Å². The Bertz CT molecular complexity index is 779. The molecule has 0 amide bonds. The molecule has 0 heterocycles. The van der Waals surface area contributed by atoms with Crippen LogP contribution in [0.15, 0.2) is 53.5 Å². The summed E-state index contributed by atoms with van der Waals surface area (Å²) in [5, 5.41) is 36.0. The van der Waals surface area contributed by atoms with E-state index in [1.165, 1.54) is 12.1 Å². The SMILES string of the molecule is NS(=O)(=O)c1cccc(F)c1.O=C(O)/C=C\C(=O)O.O=C(O)/C=C\C(=O)O. The number of carboxylic acid groups (broad SMARTS) is 4. The van der Waals surface area contributed by atoms with Gasteiger partial charge in [0, 0.05) is 24.3 Å². The van der Waals surface area contributed by atoms with Crippen molar-refractivity contribution < 1.29 is 52.4 Å². The molecule has 148 valence electrons. The molecule has 11 nitrogen and oxygen atoms in total. The van der Waals surface area contributed by atoms with Gasteiger partial charge in [0.05, 0.1) is 4.90 Å². The number of halogens is 1. The minimum atomic E-state index is -3.77. The first-order valence-electron chi connectivity index (χ1n) is 6.32. The van der Waals surface area contributed by atoms with Crippen LogP contribution < -0.4 is 5.14 Å². The molecule has 6 N–H and O–H groups in total. The number of hydrogen-bond donors (Lipinski definition) is 5. The van der Waals surface area contributed by atoms with Gasteiger partial charge < -0.3 is 20.4 Å². The number of benzene rings is 1. The smallest absolute Gasteiger partial charge is 0.328 e. The Morgan fingerprint density at radius 2 is 1.15 bits per heavy atom. The lowest BCUT2D eigenvalue weighted by molar-refractivity contribution is -0.134. The molecule has 0 aliphatic heterocycles. The first-order chi connectivity index (χ1) is 12.3. The molecule has 0 spiro atoms. The lowest BCUT2D eigenvalue weighted by Crippen LogP contribution is -2.11. The van der Waals surface area contributed by atoms with Crippen LogP contribution in [-0.4, -0.2) is 52.7 Å². The molecule has 0 saturated heterocycles. The van der Waals surface area contributed by atoms with E-state index in [4.69, 9.17) is 25.6 Å². The van der Waals surface area contributed by atoms with Crippen LogP contribution in [0.5, 0.6) is 0 Å². The fourth-order valence-corrected chi connectivity index (χ4v) is 1.47. The predicted octanol–water partition coefficient (Wildman–Crippen LogP) is -0.103. The van der Waals surface area contributed by atoms with Crippen LogP contribution in [0.2, 0.25) is 0 Å². The Hall–Kier alpha value is -3.58. The van der Waals surface area contributed by atoms with E-state index in [-0.39, 0.29) is 4.90 Å². The molecule has 1 aromatic rings. The van der Waals surface area contributed by atoms with Crippen LogP contribution in [0.25, 0.3) is 0 Å². The number of carboxylic acids is 4. The Labute approximate surface area is 151 Å². The van der Waals surface area contributed by atoms with E-state index >= 15 is 0 Å². The topological polar surface area (TPSA) is 209 Å². The van der Waals surface area contributed by atoms with E-state index in [0.717, 1.165) is 12.1 Å². The highest BCUT2D eigenvalue weighted by atomic mass is 32.2. The van der Waals surface area contributed by atoms with Gasteiger partial charge in [-0.2, -0.15) is 0 Å². The summed E-state index contributed by atoms with van der Waals surface area (Å²) in [7, 11) is -3.77. The maximum Gasteiger partial charge on any atom is 0.328 e. The standard InChI is InChI=1S/C6H6FNO2S.2C4H4O4/c7-5-2-1-3-6(4-5)11(8,9)10;2*5-3(6)1-2-4(7)8/h1-4H,(H2,8,9,10);2*1-2H,(H,5,6)(H,7,8)/b;2*2-1-. The summed E-state index contributed by atoms with van der Waals surface area (Å²) >= 11 is 0. The van der Waals surface area contributed by atoms with E-state index in [1.807, 2.05) is 0 Å². The van der Waals surface area contributed by atoms with Crippen molar-refractivity contribution in [1.82, 2.24) is 0 Å². The number of aliphatic carboxylic acids is 4.